The quantitative estimate of drug-likeness (QED) is 0.643. The zero-order chi connectivity index (χ0) is 14.9. The third-order valence-electron chi connectivity index (χ3n) is 3.78. The van der Waals surface area contributed by atoms with E-state index in [9.17, 15) is 15.0 Å². The summed E-state index contributed by atoms with van der Waals surface area (Å²) in [4.78, 5) is 19.6. The largest absolute Gasteiger partial charge is 0.394 e. The van der Waals surface area contributed by atoms with Crippen LogP contribution in [0.15, 0.2) is 35.3 Å². The second-order valence-electron chi connectivity index (χ2n) is 5.32. The molecule has 0 spiro atoms. The Kier molecular flexibility index (Phi) is 3.99. The van der Waals surface area contributed by atoms with Gasteiger partial charge in [0.2, 0.25) is 0 Å². The van der Waals surface area contributed by atoms with Gasteiger partial charge in [-0.25, -0.2) is 9.89 Å². The number of amidine groups is 1. The van der Waals surface area contributed by atoms with E-state index in [1.165, 1.54) is 17.3 Å². The lowest BCUT2D eigenvalue weighted by Crippen LogP contribution is -3.13. The molecule has 0 saturated carbocycles. The van der Waals surface area contributed by atoms with E-state index in [1.807, 2.05) is 18.2 Å². The van der Waals surface area contributed by atoms with Gasteiger partial charge in [-0.15, -0.1) is 0 Å². The number of carbonyl (C=O) groups is 1. The molecule has 2 aliphatic heterocycles. The van der Waals surface area contributed by atoms with Gasteiger partial charge in [-0.2, -0.15) is 0 Å². The van der Waals surface area contributed by atoms with Crippen LogP contribution in [-0.2, 0) is 11.3 Å². The first-order chi connectivity index (χ1) is 10.2. The molecular weight excluding hydrogens is 290 g/mol. The fourth-order valence-corrected chi connectivity index (χ4v) is 3.63. The number of benzene rings is 1. The third-order valence-corrected chi connectivity index (χ3v) is 5.14. The fraction of sp³-hybridized carbons (Fsp3) is 0.429. The van der Waals surface area contributed by atoms with Crippen molar-refractivity contribution in [1.82, 2.24) is 4.90 Å². The Balaban J connectivity index is 1.74. The Morgan fingerprint density at radius 3 is 2.67 bits per heavy atom. The number of nitrogens with zero attached hydrogens (tertiary/aromatic N) is 2. The molecule has 0 radical (unpaired) electrons. The molecule has 3 N–H and O–H groups in total. The maximum Gasteiger partial charge on any atom is 0.254 e. The average Bonchev–Trinajstić information content (AvgIpc) is 2.81. The number of aliphatic hydroxyl groups excluding tert-OH is 2. The summed E-state index contributed by atoms with van der Waals surface area (Å²) in [7, 11) is 0. The first-order valence-electron chi connectivity index (χ1n) is 6.83. The SMILES string of the molecule is O=C1N2C[NH+](Cc3ccccc3)CN=C2SC1(CO)CO. The van der Waals surface area contributed by atoms with E-state index in [0.29, 0.717) is 18.5 Å². The van der Waals surface area contributed by atoms with E-state index in [1.54, 1.807) is 4.90 Å². The van der Waals surface area contributed by atoms with Gasteiger partial charge in [0.15, 0.2) is 18.5 Å². The summed E-state index contributed by atoms with van der Waals surface area (Å²) in [5.74, 6) is -0.249. The highest BCUT2D eigenvalue weighted by atomic mass is 32.2. The molecular formula is C14H18N3O3S+. The zero-order valence-corrected chi connectivity index (χ0v) is 12.3. The van der Waals surface area contributed by atoms with E-state index in [0.717, 1.165) is 11.4 Å². The minimum absolute atomic E-state index is 0.249. The van der Waals surface area contributed by atoms with Crippen molar-refractivity contribution >= 4 is 22.8 Å². The number of thioether (sulfide) groups is 1. The van der Waals surface area contributed by atoms with Crippen molar-refractivity contribution in [3.63, 3.8) is 0 Å². The highest BCUT2D eigenvalue weighted by molar-refractivity contribution is 8.16. The summed E-state index contributed by atoms with van der Waals surface area (Å²) >= 11 is 1.17. The lowest BCUT2D eigenvalue weighted by atomic mass is 10.1. The second kappa shape index (κ2) is 5.76. The number of hydrogen-bond donors (Lipinski definition) is 3. The standard InChI is InChI=1S/C14H17N3O3S/c18-7-14(8-19)12(20)17-10-16(9-15-13(17)21-14)6-11-4-2-1-3-5-11/h1-5,18-19H,6-10H2/p+1. The molecule has 21 heavy (non-hydrogen) atoms. The van der Waals surface area contributed by atoms with Gasteiger partial charge in [0, 0.05) is 5.56 Å². The Morgan fingerprint density at radius 2 is 2.00 bits per heavy atom. The van der Waals surface area contributed by atoms with Crippen molar-refractivity contribution in [2.24, 2.45) is 4.99 Å². The zero-order valence-electron chi connectivity index (χ0n) is 11.5. The average molecular weight is 308 g/mol. The van der Waals surface area contributed by atoms with E-state index < -0.39 is 4.75 Å². The molecule has 1 aromatic rings. The molecule has 1 atom stereocenters. The first kappa shape index (κ1) is 14.5. The Bertz CT molecular complexity index is 560. The number of rotatable bonds is 4. The van der Waals surface area contributed by atoms with Gasteiger partial charge in [-0.05, 0) is 0 Å². The lowest BCUT2D eigenvalue weighted by Gasteiger charge is -2.28. The molecule has 0 aromatic heterocycles. The normalized spacial score (nSPS) is 23.9. The number of carbonyl (C=O) groups excluding carboxylic acids is 1. The second-order valence-corrected chi connectivity index (χ2v) is 6.67. The molecule has 6 nitrogen and oxygen atoms in total. The van der Waals surface area contributed by atoms with Crippen molar-refractivity contribution in [2.75, 3.05) is 26.6 Å². The van der Waals surface area contributed by atoms with Gasteiger partial charge in [0.25, 0.3) is 5.91 Å². The summed E-state index contributed by atoms with van der Waals surface area (Å²) in [5.41, 5.74) is 1.20. The molecule has 7 heteroatoms. The summed E-state index contributed by atoms with van der Waals surface area (Å²) < 4.78 is -1.17. The monoisotopic (exact) mass is 308 g/mol. The predicted molar refractivity (Wildman–Crippen MR) is 79.6 cm³/mol. The number of amides is 1. The number of aliphatic imine (C=N–C) groups is 1. The van der Waals surface area contributed by atoms with Gasteiger partial charge >= 0.3 is 0 Å². The summed E-state index contributed by atoms with van der Waals surface area (Å²) in [6.07, 6.45) is 0. The van der Waals surface area contributed by atoms with Gasteiger partial charge in [0.05, 0.1) is 13.2 Å². The number of hydrogen-bond acceptors (Lipinski definition) is 5. The molecule has 1 unspecified atom stereocenters. The first-order valence-corrected chi connectivity index (χ1v) is 7.65. The van der Waals surface area contributed by atoms with Crippen molar-refractivity contribution < 1.29 is 19.9 Å². The van der Waals surface area contributed by atoms with Crippen molar-refractivity contribution in [3.8, 4) is 0 Å². The Morgan fingerprint density at radius 1 is 1.29 bits per heavy atom. The smallest absolute Gasteiger partial charge is 0.254 e. The van der Waals surface area contributed by atoms with Gasteiger partial charge in [0.1, 0.15) is 11.3 Å². The molecule has 0 bridgehead atoms. The molecule has 1 aromatic carbocycles. The Labute approximate surface area is 127 Å². The minimum atomic E-state index is -1.17. The van der Waals surface area contributed by atoms with Crippen molar-refractivity contribution in [1.29, 1.82) is 0 Å². The van der Waals surface area contributed by atoms with Crippen LogP contribution >= 0.6 is 11.8 Å². The summed E-state index contributed by atoms with van der Waals surface area (Å²) in [6.45, 7) is 1.14. The summed E-state index contributed by atoms with van der Waals surface area (Å²) in [5, 5.41) is 19.5. The number of fused-ring (bicyclic) bond motifs is 1. The van der Waals surface area contributed by atoms with E-state index >= 15 is 0 Å². The van der Waals surface area contributed by atoms with Crippen LogP contribution in [0.3, 0.4) is 0 Å². The van der Waals surface area contributed by atoms with Gasteiger partial charge in [-0.1, -0.05) is 42.1 Å². The highest BCUT2D eigenvalue weighted by Crippen LogP contribution is 2.36. The number of aliphatic hydroxyl groups is 2. The van der Waals surface area contributed by atoms with Crippen LogP contribution in [0.2, 0.25) is 0 Å². The molecule has 2 aliphatic rings. The van der Waals surface area contributed by atoms with Crippen LogP contribution < -0.4 is 4.90 Å². The van der Waals surface area contributed by atoms with Crippen LogP contribution in [-0.4, -0.2) is 57.5 Å². The van der Waals surface area contributed by atoms with Crippen molar-refractivity contribution in [2.45, 2.75) is 11.3 Å². The van der Waals surface area contributed by atoms with Crippen LogP contribution in [0, 0.1) is 0 Å². The minimum Gasteiger partial charge on any atom is -0.394 e. The van der Waals surface area contributed by atoms with Gasteiger partial charge in [-0.3, -0.25) is 9.69 Å². The predicted octanol–water partition coefficient (Wildman–Crippen LogP) is -1.35. The van der Waals surface area contributed by atoms with Crippen LogP contribution in [0.4, 0.5) is 0 Å². The van der Waals surface area contributed by atoms with Crippen LogP contribution in [0.25, 0.3) is 0 Å². The van der Waals surface area contributed by atoms with E-state index in [4.69, 9.17) is 0 Å². The molecule has 2 heterocycles. The maximum atomic E-state index is 12.4. The molecule has 1 fully saturated rings. The van der Waals surface area contributed by atoms with Crippen molar-refractivity contribution in [3.05, 3.63) is 35.9 Å². The molecule has 112 valence electrons. The van der Waals surface area contributed by atoms with Crippen LogP contribution in [0.1, 0.15) is 5.56 Å². The van der Waals surface area contributed by atoms with Crippen LogP contribution in [0.5, 0.6) is 0 Å². The Hall–Kier alpha value is -1.41. The molecule has 0 aliphatic carbocycles. The molecule has 1 saturated heterocycles. The maximum absolute atomic E-state index is 12.4. The van der Waals surface area contributed by atoms with E-state index in [2.05, 4.69) is 17.1 Å². The summed E-state index contributed by atoms with van der Waals surface area (Å²) in [6, 6.07) is 10.1. The topological polar surface area (TPSA) is 77.6 Å². The highest BCUT2D eigenvalue weighted by Gasteiger charge is 2.53. The number of nitrogens with one attached hydrogen (secondary N) is 1. The fourth-order valence-electron chi connectivity index (χ4n) is 2.56. The molecule has 1 amide bonds. The van der Waals surface area contributed by atoms with E-state index in [-0.39, 0.29) is 19.1 Å². The third kappa shape index (κ3) is 2.57. The van der Waals surface area contributed by atoms with Gasteiger partial charge < -0.3 is 10.2 Å². The number of quaternary nitrogens is 1. The lowest BCUT2D eigenvalue weighted by molar-refractivity contribution is -0.922. The molecule has 3 rings (SSSR count).